The van der Waals surface area contributed by atoms with Gasteiger partial charge >= 0.3 is 0 Å². The summed E-state index contributed by atoms with van der Waals surface area (Å²) in [6.07, 6.45) is 4.25. The number of aryl methyl sites for hydroxylation is 1. The van der Waals surface area contributed by atoms with Crippen molar-refractivity contribution in [1.29, 1.82) is 0 Å². The van der Waals surface area contributed by atoms with Crippen LogP contribution < -0.4 is 5.32 Å². The van der Waals surface area contributed by atoms with E-state index in [1.165, 1.54) is 18.4 Å². The average Bonchev–Trinajstić information content (AvgIpc) is 3.41. The van der Waals surface area contributed by atoms with Gasteiger partial charge < -0.3 is 5.32 Å². The van der Waals surface area contributed by atoms with Crippen LogP contribution in [0.4, 0.5) is 0 Å². The molecule has 4 aromatic carbocycles. The molecule has 4 nitrogen and oxygen atoms in total. The third-order valence-corrected chi connectivity index (χ3v) is 7.85. The van der Waals surface area contributed by atoms with Crippen LogP contribution in [0, 0.1) is 0 Å². The van der Waals surface area contributed by atoms with Gasteiger partial charge in [-0.15, -0.1) is 0 Å². The third-order valence-electron chi connectivity index (χ3n) is 6.83. The maximum atomic E-state index is 12.7. The molecule has 0 aliphatic rings. The molecule has 5 aromatic rings. The fourth-order valence-electron chi connectivity index (χ4n) is 4.72. The van der Waals surface area contributed by atoms with E-state index in [2.05, 4.69) is 102 Å². The molecule has 202 valence electrons. The fraction of sp³-hybridized carbons (Fsp3) is 0.200. The Balaban J connectivity index is 1.32. The van der Waals surface area contributed by atoms with E-state index in [0.717, 1.165) is 52.0 Å². The number of nitrogens with one attached hydrogen (secondary N) is 1. The number of amides is 1. The molecule has 1 heterocycles. The van der Waals surface area contributed by atoms with Gasteiger partial charge in [0.2, 0.25) is 0 Å². The molecule has 0 unspecified atom stereocenters. The summed E-state index contributed by atoms with van der Waals surface area (Å²) in [5, 5.41) is 4.03. The van der Waals surface area contributed by atoms with E-state index in [1.54, 1.807) is 11.8 Å². The van der Waals surface area contributed by atoms with Crippen molar-refractivity contribution in [3.8, 4) is 28.2 Å². The van der Waals surface area contributed by atoms with E-state index in [-0.39, 0.29) is 5.91 Å². The first-order chi connectivity index (χ1) is 19.7. The van der Waals surface area contributed by atoms with E-state index in [1.807, 2.05) is 30.3 Å². The van der Waals surface area contributed by atoms with Crippen LogP contribution in [-0.4, -0.2) is 27.8 Å². The second-order valence-corrected chi connectivity index (χ2v) is 10.8. The lowest BCUT2D eigenvalue weighted by Gasteiger charge is -2.13. The zero-order valence-corrected chi connectivity index (χ0v) is 23.7. The molecule has 0 saturated carbocycles. The largest absolute Gasteiger partial charge is 0.352 e. The lowest BCUT2D eigenvalue weighted by atomic mass is 10.0. The molecule has 0 saturated heterocycles. The lowest BCUT2D eigenvalue weighted by Crippen LogP contribution is -2.24. The number of thioether (sulfide) groups is 1. The Labute approximate surface area is 241 Å². The van der Waals surface area contributed by atoms with Crippen molar-refractivity contribution < 1.29 is 4.79 Å². The zero-order chi connectivity index (χ0) is 27.6. The molecule has 5 heteroatoms. The van der Waals surface area contributed by atoms with Gasteiger partial charge in [-0.05, 0) is 49.1 Å². The minimum atomic E-state index is -0.0180. The summed E-state index contributed by atoms with van der Waals surface area (Å²) in [6, 6.07) is 39.3. The van der Waals surface area contributed by atoms with Crippen molar-refractivity contribution in [3.63, 3.8) is 0 Å². The highest BCUT2D eigenvalue weighted by Gasteiger charge is 2.21. The molecule has 1 N–H and O–H groups in total. The van der Waals surface area contributed by atoms with E-state index >= 15 is 0 Å². The highest BCUT2D eigenvalue weighted by Crippen LogP contribution is 2.38. The Morgan fingerprint density at radius 2 is 1.40 bits per heavy atom. The fourth-order valence-corrected chi connectivity index (χ4v) is 5.67. The normalized spacial score (nSPS) is 10.9. The van der Waals surface area contributed by atoms with Crippen LogP contribution in [0.3, 0.4) is 0 Å². The minimum absolute atomic E-state index is 0.0180. The molecule has 0 fully saturated rings. The topological polar surface area (TPSA) is 46.9 Å². The van der Waals surface area contributed by atoms with Gasteiger partial charge in [-0.1, -0.05) is 116 Å². The van der Waals surface area contributed by atoms with E-state index < -0.39 is 0 Å². The zero-order valence-electron chi connectivity index (χ0n) is 22.9. The maximum Gasteiger partial charge on any atom is 0.251 e. The van der Waals surface area contributed by atoms with Crippen molar-refractivity contribution in [2.45, 2.75) is 37.8 Å². The van der Waals surface area contributed by atoms with E-state index in [0.29, 0.717) is 12.1 Å². The Morgan fingerprint density at radius 3 is 2.05 bits per heavy atom. The number of nitrogens with zero attached hydrogens (tertiary/aromatic N) is 2. The van der Waals surface area contributed by atoms with Crippen molar-refractivity contribution in [2.75, 3.05) is 12.3 Å². The first kappa shape index (κ1) is 27.5. The quantitative estimate of drug-likeness (QED) is 0.126. The van der Waals surface area contributed by atoms with Gasteiger partial charge in [0, 0.05) is 34.7 Å². The summed E-state index contributed by atoms with van der Waals surface area (Å²) in [5.41, 5.74) is 7.34. The summed E-state index contributed by atoms with van der Waals surface area (Å²) in [6.45, 7) is 2.81. The number of imidazole rings is 1. The Bertz CT molecular complexity index is 1500. The summed E-state index contributed by atoms with van der Waals surface area (Å²) in [5.74, 6) is 0.818. The molecule has 5 rings (SSSR count). The van der Waals surface area contributed by atoms with Gasteiger partial charge in [-0.3, -0.25) is 9.36 Å². The molecule has 0 aliphatic carbocycles. The van der Waals surface area contributed by atoms with Crippen LogP contribution in [0.15, 0.2) is 120 Å². The van der Waals surface area contributed by atoms with Crippen molar-refractivity contribution in [1.82, 2.24) is 14.9 Å². The summed E-state index contributed by atoms with van der Waals surface area (Å²) in [7, 11) is 0. The molecule has 1 aromatic heterocycles. The van der Waals surface area contributed by atoms with Gasteiger partial charge in [0.25, 0.3) is 5.91 Å². The Hall–Kier alpha value is -4.09. The number of hydrogen-bond donors (Lipinski definition) is 1. The van der Waals surface area contributed by atoms with Crippen LogP contribution in [0.1, 0.15) is 42.1 Å². The molecule has 1 amide bonds. The molecule has 0 atom stereocenters. The first-order valence-electron chi connectivity index (χ1n) is 14.0. The van der Waals surface area contributed by atoms with Gasteiger partial charge in [0.1, 0.15) is 0 Å². The van der Waals surface area contributed by atoms with Crippen molar-refractivity contribution >= 4 is 17.7 Å². The number of rotatable bonds is 12. The highest BCUT2D eigenvalue weighted by molar-refractivity contribution is 7.99. The van der Waals surface area contributed by atoms with Crippen LogP contribution in [0.5, 0.6) is 0 Å². The summed E-state index contributed by atoms with van der Waals surface area (Å²) in [4.78, 5) is 17.9. The van der Waals surface area contributed by atoms with Crippen LogP contribution in [-0.2, 0) is 6.42 Å². The third kappa shape index (κ3) is 6.72. The van der Waals surface area contributed by atoms with Gasteiger partial charge in [-0.2, -0.15) is 0 Å². The first-order valence-corrected chi connectivity index (χ1v) is 15.0. The molecule has 40 heavy (non-hydrogen) atoms. The van der Waals surface area contributed by atoms with E-state index in [4.69, 9.17) is 4.98 Å². The summed E-state index contributed by atoms with van der Waals surface area (Å²) >= 11 is 1.72. The van der Waals surface area contributed by atoms with Crippen LogP contribution in [0.25, 0.3) is 28.2 Å². The maximum absolute atomic E-state index is 12.7. The second kappa shape index (κ2) is 13.8. The predicted molar refractivity (Wildman–Crippen MR) is 167 cm³/mol. The minimum Gasteiger partial charge on any atom is -0.352 e. The monoisotopic (exact) mass is 545 g/mol. The number of unbranched alkanes of at least 4 members (excludes halogenated alkanes) is 1. The van der Waals surface area contributed by atoms with Crippen LogP contribution >= 0.6 is 11.8 Å². The van der Waals surface area contributed by atoms with Gasteiger partial charge in [0.05, 0.1) is 11.4 Å². The van der Waals surface area contributed by atoms with E-state index in [9.17, 15) is 4.79 Å². The Kier molecular flexibility index (Phi) is 9.49. The van der Waals surface area contributed by atoms with Gasteiger partial charge in [-0.25, -0.2) is 4.98 Å². The van der Waals surface area contributed by atoms with Crippen molar-refractivity contribution in [2.24, 2.45) is 0 Å². The van der Waals surface area contributed by atoms with Crippen molar-refractivity contribution in [3.05, 3.63) is 126 Å². The molecule has 0 aliphatic heterocycles. The van der Waals surface area contributed by atoms with Gasteiger partial charge in [0.15, 0.2) is 5.16 Å². The number of hydrogen-bond acceptors (Lipinski definition) is 3. The predicted octanol–water partition coefficient (Wildman–Crippen LogP) is 8.46. The highest BCUT2D eigenvalue weighted by atomic mass is 32.2. The summed E-state index contributed by atoms with van der Waals surface area (Å²) < 4.78 is 2.26. The smallest absolute Gasteiger partial charge is 0.251 e. The average molecular weight is 546 g/mol. The van der Waals surface area contributed by atoms with Crippen LogP contribution in [0.2, 0.25) is 0 Å². The standard InChI is InChI=1S/C35H35N3OS/c1-2-3-14-27-21-23-30(24-22-27)34(39)36-25-13-26-40-35-37-32(28-15-7-4-8-16-28)33(29-17-9-5-10-18-29)38(35)31-19-11-6-12-20-31/h4-12,15-24H,2-3,13-14,25-26H2,1H3,(H,36,39). The second-order valence-electron chi connectivity index (χ2n) is 9.75. The Morgan fingerprint density at radius 1 is 0.775 bits per heavy atom. The molecular formula is C35H35N3OS. The molecule has 0 spiro atoms. The SMILES string of the molecule is CCCCc1ccc(C(=O)NCCCSc2nc(-c3ccccc3)c(-c3ccccc3)n2-c2ccccc2)cc1. The number of aromatic nitrogens is 2. The molecule has 0 radical (unpaired) electrons. The number of carbonyl (C=O) groups excluding carboxylic acids is 1. The lowest BCUT2D eigenvalue weighted by molar-refractivity contribution is 0.0954. The number of benzene rings is 4. The number of para-hydroxylation sites is 1. The molecule has 0 bridgehead atoms. The number of carbonyl (C=O) groups is 1. The molecular weight excluding hydrogens is 510 g/mol.